The van der Waals surface area contributed by atoms with Gasteiger partial charge in [-0.1, -0.05) is 18.2 Å². The number of benzene rings is 1. The largest absolute Gasteiger partial charge is 0.493 e. The standard InChI is InChI=1S/C18H21NO3/c1-19-8-7-18-11-4-5-13(20)17(18)22-16-14(21-2)6-3-10(15(16)18)9-12(11)19/h3-6,11-13,17,20H,7-9H2,1-2H3/t11-,12+,13?,17?,18-/m0/s1/i3D,6D,9D2,11D,12D,13D,17D. The predicted octanol–water partition coefficient (Wildman–Crippen LogP) is 1.50. The average Bonchev–Trinajstić information content (AvgIpc) is 2.93. The van der Waals surface area contributed by atoms with E-state index < -0.39 is 47.9 Å². The molecular weight excluding hydrogens is 278 g/mol. The lowest BCUT2D eigenvalue weighted by atomic mass is 9.53. The topological polar surface area (TPSA) is 41.9 Å². The van der Waals surface area contributed by atoms with E-state index in [1.165, 1.54) is 19.1 Å². The van der Waals surface area contributed by atoms with E-state index in [4.69, 9.17) is 17.7 Å². The number of ether oxygens (including phenoxy) is 2. The van der Waals surface area contributed by atoms with E-state index in [9.17, 15) is 7.85 Å². The maximum atomic E-state index is 10.9. The Labute approximate surface area is 141 Å². The van der Waals surface area contributed by atoms with Crippen LogP contribution >= 0.6 is 0 Å². The lowest BCUT2D eigenvalue weighted by Crippen LogP contribution is -2.64. The molecule has 5 atom stereocenters. The first kappa shape index (κ1) is 7.37. The zero-order valence-corrected chi connectivity index (χ0v) is 12.3. The van der Waals surface area contributed by atoms with E-state index in [0.29, 0.717) is 0 Å². The van der Waals surface area contributed by atoms with Crippen molar-refractivity contribution in [2.75, 3.05) is 20.7 Å². The molecule has 1 N–H and O–H groups in total. The van der Waals surface area contributed by atoms with Crippen LogP contribution in [0.4, 0.5) is 0 Å². The molecule has 22 heavy (non-hydrogen) atoms. The van der Waals surface area contributed by atoms with E-state index in [-0.39, 0.29) is 35.6 Å². The Kier molecular flexibility index (Phi) is 1.36. The molecule has 2 bridgehead atoms. The Balaban J connectivity index is 2.08. The minimum absolute atomic E-state index is 0.0126. The molecule has 4 nitrogen and oxygen atoms in total. The summed E-state index contributed by atoms with van der Waals surface area (Å²) in [5, 5.41) is 10.9. The molecule has 116 valence electrons. The smallest absolute Gasteiger partial charge is 0.165 e. The van der Waals surface area contributed by atoms with Crippen molar-refractivity contribution in [2.24, 2.45) is 5.89 Å². The fraction of sp³-hybridized carbons (Fsp3) is 0.556. The van der Waals surface area contributed by atoms with Crippen LogP contribution in [0.15, 0.2) is 24.2 Å². The second-order valence-corrected chi connectivity index (χ2v) is 5.98. The number of hydrogen-bond donors (Lipinski definition) is 1. The Hall–Kier alpha value is -1.52. The minimum atomic E-state index is -2.62. The van der Waals surface area contributed by atoms with E-state index in [0.717, 1.165) is 12.2 Å². The molecule has 0 amide bonds. The molecular formula is C18H21NO3. The van der Waals surface area contributed by atoms with Crippen molar-refractivity contribution >= 4 is 0 Å². The van der Waals surface area contributed by atoms with E-state index >= 15 is 0 Å². The van der Waals surface area contributed by atoms with Crippen molar-refractivity contribution in [3.8, 4) is 11.5 Å². The van der Waals surface area contributed by atoms with Crippen LogP contribution in [0.2, 0.25) is 0 Å². The van der Waals surface area contributed by atoms with Gasteiger partial charge in [-0.2, -0.15) is 0 Å². The molecule has 0 saturated carbocycles. The van der Waals surface area contributed by atoms with E-state index in [2.05, 4.69) is 0 Å². The van der Waals surface area contributed by atoms with Crippen LogP contribution < -0.4 is 9.47 Å². The van der Waals surface area contributed by atoms with Crippen molar-refractivity contribution in [2.45, 2.75) is 36.4 Å². The Morgan fingerprint density at radius 3 is 3.23 bits per heavy atom. The Morgan fingerprint density at radius 2 is 2.41 bits per heavy atom. The average molecular weight is 307 g/mol. The van der Waals surface area contributed by atoms with Crippen LogP contribution in [0, 0.1) is 5.89 Å². The number of hydrogen-bond acceptors (Lipinski definition) is 4. The summed E-state index contributed by atoms with van der Waals surface area (Å²) in [7, 11) is 2.75. The lowest BCUT2D eigenvalue weighted by Gasteiger charge is -2.56. The third-order valence-electron chi connectivity index (χ3n) is 5.01. The molecule has 2 heterocycles. The van der Waals surface area contributed by atoms with E-state index in [1.807, 2.05) is 0 Å². The number of aliphatic hydroxyl groups is 1. The van der Waals surface area contributed by atoms with Crippen molar-refractivity contribution < 1.29 is 25.5 Å². The summed E-state index contributed by atoms with van der Waals surface area (Å²) in [6, 6.07) is -3.30. The van der Waals surface area contributed by atoms with Gasteiger partial charge in [0, 0.05) is 28.4 Å². The SMILES string of the molecule is [2H]c1c([2H])c2c3c(c1OC)OC1([2H])C([2H])(O)C=C[C@]4([2H])[C@@]31CCN(C)[C@]4([2H])C2([2H])[2H]. The molecule has 1 aromatic rings. The first-order valence-electron chi connectivity index (χ1n) is 11.2. The van der Waals surface area contributed by atoms with Crippen molar-refractivity contribution in [3.63, 3.8) is 0 Å². The summed E-state index contributed by atoms with van der Waals surface area (Å²) in [4.78, 5) is 1.37. The quantitative estimate of drug-likeness (QED) is 0.799. The zero-order chi connectivity index (χ0) is 22.3. The van der Waals surface area contributed by atoms with Crippen molar-refractivity contribution in [1.29, 1.82) is 0 Å². The molecule has 0 radical (unpaired) electrons. The van der Waals surface area contributed by atoms with Gasteiger partial charge >= 0.3 is 0 Å². The molecule has 2 unspecified atom stereocenters. The molecule has 2 aliphatic heterocycles. The fourth-order valence-corrected chi connectivity index (χ4v) is 4.01. The van der Waals surface area contributed by atoms with Crippen LogP contribution in [0.5, 0.6) is 11.5 Å². The number of likely N-dealkylation sites (N-methyl/N-ethyl adjacent to an activating group) is 1. The molecule has 1 saturated heterocycles. The Bertz CT molecular complexity index is 1050. The zero-order valence-electron chi connectivity index (χ0n) is 20.3. The number of likely N-dealkylation sites (tertiary alicyclic amines) is 1. The van der Waals surface area contributed by atoms with Crippen molar-refractivity contribution in [3.05, 3.63) is 35.4 Å². The van der Waals surface area contributed by atoms with Crippen LogP contribution in [-0.2, 0) is 11.8 Å². The van der Waals surface area contributed by atoms with Crippen molar-refractivity contribution in [1.82, 2.24) is 4.90 Å². The number of nitrogens with zero attached hydrogens (tertiary/aromatic N) is 1. The van der Waals surface area contributed by atoms with Gasteiger partial charge in [-0.3, -0.25) is 0 Å². The highest BCUT2D eigenvalue weighted by atomic mass is 16.5. The van der Waals surface area contributed by atoms with Crippen LogP contribution in [0.25, 0.3) is 0 Å². The van der Waals surface area contributed by atoms with Gasteiger partial charge in [0.15, 0.2) is 11.5 Å². The van der Waals surface area contributed by atoms with Gasteiger partial charge in [-0.15, -0.1) is 0 Å². The van der Waals surface area contributed by atoms with Gasteiger partial charge in [0.25, 0.3) is 0 Å². The highest BCUT2D eigenvalue weighted by molar-refractivity contribution is 5.62. The minimum Gasteiger partial charge on any atom is -0.493 e. The first-order valence-corrected chi connectivity index (χ1v) is 7.25. The first-order chi connectivity index (χ1) is 13.7. The molecule has 1 aromatic carbocycles. The van der Waals surface area contributed by atoms with Crippen LogP contribution in [-0.4, -0.2) is 48.9 Å². The maximum Gasteiger partial charge on any atom is 0.165 e. The van der Waals surface area contributed by atoms with Crippen LogP contribution in [0.1, 0.15) is 28.5 Å². The number of piperidine rings is 1. The summed E-state index contributed by atoms with van der Waals surface area (Å²) in [6.07, 6.45) is -5.67. The lowest BCUT2D eigenvalue weighted by molar-refractivity contribution is -0.0453. The molecule has 1 fully saturated rings. The van der Waals surface area contributed by atoms with Crippen LogP contribution in [0.3, 0.4) is 0 Å². The molecule has 2 aliphatic carbocycles. The van der Waals surface area contributed by atoms with Gasteiger partial charge in [-0.25, -0.2) is 0 Å². The van der Waals surface area contributed by atoms with Gasteiger partial charge in [-0.05, 0) is 38.0 Å². The maximum absolute atomic E-state index is 10.9. The fourth-order valence-electron chi connectivity index (χ4n) is 4.01. The molecule has 1 spiro atoms. The summed E-state index contributed by atoms with van der Waals surface area (Å²) < 4.78 is 82.0. The van der Waals surface area contributed by atoms with Gasteiger partial charge < -0.3 is 19.5 Å². The summed E-state index contributed by atoms with van der Waals surface area (Å²) in [5.41, 5.74) is -2.15. The summed E-state index contributed by atoms with van der Waals surface area (Å²) in [6.45, 7) is 0.106. The summed E-state index contributed by atoms with van der Waals surface area (Å²) in [5.74, 6) is -2.55. The third kappa shape index (κ3) is 1.28. The van der Waals surface area contributed by atoms with Gasteiger partial charge in [0.05, 0.1) is 12.6 Å². The molecule has 4 aliphatic rings. The molecule has 4 heteroatoms. The second-order valence-electron chi connectivity index (χ2n) is 5.98. The van der Waals surface area contributed by atoms with Gasteiger partial charge in [0.2, 0.25) is 0 Å². The monoisotopic (exact) mass is 307 g/mol. The number of methoxy groups -OCH3 is 1. The summed E-state index contributed by atoms with van der Waals surface area (Å²) >= 11 is 0. The van der Waals surface area contributed by atoms with E-state index in [1.54, 1.807) is 0 Å². The normalized spacial score (nSPS) is 62.0. The highest BCUT2D eigenvalue weighted by Crippen LogP contribution is 2.62. The van der Waals surface area contributed by atoms with Gasteiger partial charge in [0.1, 0.15) is 12.2 Å². The second kappa shape index (κ2) is 4.06. The molecule has 0 aromatic heterocycles. The molecule has 5 rings (SSSR count). The number of rotatable bonds is 1. The third-order valence-corrected chi connectivity index (χ3v) is 5.01. The predicted molar refractivity (Wildman–Crippen MR) is 82.5 cm³/mol. The Morgan fingerprint density at radius 1 is 1.55 bits per heavy atom. The highest BCUT2D eigenvalue weighted by Gasteiger charge is 2.64.